The molecule has 114 valence electrons. The van der Waals surface area contributed by atoms with E-state index in [9.17, 15) is 14.9 Å². The fourth-order valence-corrected chi connectivity index (χ4v) is 2.58. The molecule has 0 amide bonds. The maximum Gasteiger partial charge on any atom is 0.363 e. The number of nitro benzene ring substituents is 1. The van der Waals surface area contributed by atoms with Crippen LogP contribution in [0.15, 0.2) is 59.2 Å². The zero-order valence-electron chi connectivity index (χ0n) is 11.6. The monoisotopic (exact) mass is 420 g/mol. The minimum absolute atomic E-state index is 0.0486. The molecule has 0 atom stereocenters. The Morgan fingerprint density at radius 3 is 2.70 bits per heavy atom. The summed E-state index contributed by atoms with van der Waals surface area (Å²) in [5.41, 5.74) is 1.28. The number of carbonyl (C=O) groups is 1. The van der Waals surface area contributed by atoms with E-state index in [0.717, 1.165) is 3.57 Å². The molecule has 0 unspecified atom stereocenters. The number of aliphatic imine (C=N–C) groups is 1. The van der Waals surface area contributed by atoms with E-state index in [1.54, 1.807) is 18.2 Å². The van der Waals surface area contributed by atoms with Gasteiger partial charge in [-0.2, -0.15) is 0 Å². The van der Waals surface area contributed by atoms with Gasteiger partial charge in [-0.1, -0.05) is 18.2 Å². The smallest absolute Gasteiger partial charge is 0.363 e. The molecule has 6 nitrogen and oxygen atoms in total. The Morgan fingerprint density at radius 2 is 1.96 bits per heavy atom. The fraction of sp³-hybridized carbons (Fsp3) is 0. The van der Waals surface area contributed by atoms with E-state index in [1.165, 1.54) is 18.2 Å². The first-order valence-electron chi connectivity index (χ1n) is 6.56. The fourth-order valence-electron chi connectivity index (χ4n) is 2.04. The number of ether oxygens (including phenoxy) is 1. The van der Waals surface area contributed by atoms with Crippen molar-refractivity contribution in [2.75, 3.05) is 0 Å². The molecule has 23 heavy (non-hydrogen) atoms. The lowest BCUT2D eigenvalue weighted by Gasteiger charge is -1.99. The van der Waals surface area contributed by atoms with Crippen molar-refractivity contribution >= 4 is 46.2 Å². The second-order valence-electron chi connectivity index (χ2n) is 4.70. The lowest BCUT2D eigenvalue weighted by Crippen LogP contribution is -2.05. The molecule has 0 saturated carbocycles. The topological polar surface area (TPSA) is 81.8 Å². The van der Waals surface area contributed by atoms with Gasteiger partial charge in [0.2, 0.25) is 5.90 Å². The minimum Gasteiger partial charge on any atom is -0.402 e. The molecule has 0 saturated heterocycles. The number of nitrogens with zero attached hydrogens (tertiary/aromatic N) is 2. The summed E-state index contributed by atoms with van der Waals surface area (Å²) in [7, 11) is 0. The van der Waals surface area contributed by atoms with E-state index in [2.05, 4.69) is 27.6 Å². The van der Waals surface area contributed by atoms with E-state index in [4.69, 9.17) is 4.74 Å². The third kappa shape index (κ3) is 3.45. The zero-order chi connectivity index (χ0) is 16.4. The largest absolute Gasteiger partial charge is 0.402 e. The quantitative estimate of drug-likeness (QED) is 0.250. The summed E-state index contributed by atoms with van der Waals surface area (Å²) in [5.74, 6) is -0.351. The van der Waals surface area contributed by atoms with Crippen LogP contribution in [0.4, 0.5) is 5.69 Å². The van der Waals surface area contributed by atoms with Crippen LogP contribution in [0, 0.1) is 13.7 Å². The standard InChI is InChI=1S/C16H9IN2O4/c17-12-5-2-4-11(9-12)15-18-14(16(20)23-15)8-10-3-1-6-13(7-10)19(21)22/h1-9H/b14-8-. The van der Waals surface area contributed by atoms with Gasteiger partial charge in [-0.3, -0.25) is 10.1 Å². The van der Waals surface area contributed by atoms with Crippen LogP contribution in [0.1, 0.15) is 11.1 Å². The van der Waals surface area contributed by atoms with Crippen molar-refractivity contribution in [2.45, 2.75) is 0 Å². The van der Waals surface area contributed by atoms with Crippen LogP contribution >= 0.6 is 22.6 Å². The van der Waals surface area contributed by atoms with Crippen LogP contribution in [0.5, 0.6) is 0 Å². The second-order valence-corrected chi connectivity index (χ2v) is 5.94. The van der Waals surface area contributed by atoms with Crippen LogP contribution in [0.3, 0.4) is 0 Å². The van der Waals surface area contributed by atoms with Crippen molar-refractivity contribution in [3.05, 3.63) is 79.0 Å². The van der Waals surface area contributed by atoms with Gasteiger partial charge >= 0.3 is 5.97 Å². The van der Waals surface area contributed by atoms with Gasteiger partial charge in [-0.05, 0) is 52.4 Å². The van der Waals surface area contributed by atoms with Gasteiger partial charge in [0.05, 0.1) is 4.92 Å². The maximum absolute atomic E-state index is 11.9. The molecular formula is C16H9IN2O4. The van der Waals surface area contributed by atoms with Gasteiger partial charge in [0.1, 0.15) is 0 Å². The lowest BCUT2D eigenvalue weighted by molar-refractivity contribution is -0.384. The molecule has 0 aliphatic carbocycles. The SMILES string of the molecule is O=C1OC(c2cccc(I)c2)=N/C1=C\c1cccc([N+](=O)[O-])c1. The number of rotatable bonds is 3. The number of halogens is 1. The highest BCUT2D eigenvalue weighted by Crippen LogP contribution is 2.21. The van der Waals surface area contributed by atoms with Crippen molar-refractivity contribution < 1.29 is 14.5 Å². The van der Waals surface area contributed by atoms with Gasteiger partial charge in [-0.15, -0.1) is 0 Å². The van der Waals surface area contributed by atoms with E-state index in [-0.39, 0.29) is 17.3 Å². The first-order valence-corrected chi connectivity index (χ1v) is 7.64. The third-order valence-corrected chi connectivity index (χ3v) is 3.75. The molecule has 0 N–H and O–H groups in total. The highest BCUT2D eigenvalue weighted by atomic mass is 127. The van der Waals surface area contributed by atoms with Crippen LogP contribution in [0.2, 0.25) is 0 Å². The predicted molar refractivity (Wildman–Crippen MR) is 92.9 cm³/mol. The first-order chi connectivity index (χ1) is 11.0. The van der Waals surface area contributed by atoms with Crippen LogP contribution < -0.4 is 0 Å². The van der Waals surface area contributed by atoms with Gasteiger partial charge < -0.3 is 4.74 Å². The molecule has 2 aromatic carbocycles. The molecule has 1 aliphatic heterocycles. The van der Waals surface area contributed by atoms with E-state index in [0.29, 0.717) is 11.1 Å². The lowest BCUT2D eigenvalue weighted by atomic mass is 10.1. The summed E-state index contributed by atoms with van der Waals surface area (Å²) < 4.78 is 6.17. The number of carbonyl (C=O) groups excluding carboxylic acids is 1. The van der Waals surface area contributed by atoms with Crippen molar-refractivity contribution in [1.82, 2.24) is 0 Å². The molecule has 0 spiro atoms. The number of non-ortho nitro benzene ring substituents is 1. The van der Waals surface area contributed by atoms with E-state index < -0.39 is 10.9 Å². The van der Waals surface area contributed by atoms with Crippen LogP contribution in [0.25, 0.3) is 6.08 Å². The molecule has 0 aromatic heterocycles. The summed E-state index contributed by atoms with van der Waals surface area (Å²) >= 11 is 2.16. The Labute approximate surface area is 144 Å². The van der Waals surface area contributed by atoms with Crippen molar-refractivity contribution in [2.24, 2.45) is 4.99 Å². The highest BCUT2D eigenvalue weighted by molar-refractivity contribution is 14.1. The molecule has 1 heterocycles. The Hall–Kier alpha value is -2.55. The third-order valence-electron chi connectivity index (χ3n) is 3.08. The summed E-state index contributed by atoms with van der Waals surface area (Å²) in [5, 5.41) is 10.8. The maximum atomic E-state index is 11.9. The number of cyclic esters (lactones) is 1. The number of esters is 1. The average molecular weight is 420 g/mol. The summed E-state index contributed by atoms with van der Waals surface area (Å²) in [4.78, 5) is 26.4. The van der Waals surface area contributed by atoms with Crippen molar-refractivity contribution in [1.29, 1.82) is 0 Å². The first kappa shape index (κ1) is 15.3. The number of hydrogen-bond donors (Lipinski definition) is 0. The van der Waals surface area contributed by atoms with E-state index in [1.807, 2.05) is 18.2 Å². The number of nitro groups is 1. The number of hydrogen-bond acceptors (Lipinski definition) is 5. The van der Waals surface area contributed by atoms with Crippen LogP contribution in [-0.2, 0) is 9.53 Å². The van der Waals surface area contributed by atoms with Gasteiger partial charge in [0, 0.05) is 21.3 Å². The molecule has 1 aliphatic rings. The Bertz CT molecular complexity index is 874. The normalized spacial score (nSPS) is 15.4. The Balaban J connectivity index is 1.95. The molecule has 7 heteroatoms. The molecular weight excluding hydrogens is 411 g/mol. The summed E-state index contributed by atoms with van der Waals surface area (Å²) in [6.45, 7) is 0. The number of benzene rings is 2. The van der Waals surface area contributed by atoms with Gasteiger partial charge in [-0.25, -0.2) is 9.79 Å². The predicted octanol–water partition coefficient (Wildman–Crippen LogP) is 3.54. The Morgan fingerprint density at radius 1 is 1.17 bits per heavy atom. The van der Waals surface area contributed by atoms with Crippen molar-refractivity contribution in [3.63, 3.8) is 0 Å². The molecule has 2 aromatic rings. The molecule has 0 fully saturated rings. The van der Waals surface area contributed by atoms with Crippen molar-refractivity contribution in [3.8, 4) is 0 Å². The molecule has 0 radical (unpaired) electrons. The average Bonchev–Trinajstić information content (AvgIpc) is 2.89. The van der Waals surface area contributed by atoms with Gasteiger partial charge in [0.25, 0.3) is 5.69 Å². The molecule has 3 rings (SSSR count). The summed E-state index contributed by atoms with van der Waals surface area (Å²) in [6.07, 6.45) is 1.47. The molecule has 0 bridgehead atoms. The highest BCUT2D eigenvalue weighted by Gasteiger charge is 2.24. The van der Waals surface area contributed by atoms with Crippen LogP contribution in [-0.4, -0.2) is 16.8 Å². The minimum atomic E-state index is -0.578. The van der Waals surface area contributed by atoms with E-state index >= 15 is 0 Å². The summed E-state index contributed by atoms with van der Waals surface area (Å²) in [6, 6.07) is 13.4. The second kappa shape index (κ2) is 6.29. The van der Waals surface area contributed by atoms with Gasteiger partial charge in [0.15, 0.2) is 5.70 Å². The zero-order valence-corrected chi connectivity index (χ0v) is 13.8. The Kier molecular flexibility index (Phi) is 4.20.